The van der Waals surface area contributed by atoms with E-state index in [-0.39, 0.29) is 15.2 Å². The van der Waals surface area contributed by atoms with Crippen LogP contribution in [-0.2, 0) is 14.8 Å². The number of ether oxygens (including phenoxy) is 1. The second-order valence-corrected chi connectivity index (χ2v) is 8.06. The molecule has 0 atom stereocenters. The molecule has 1 fully saturated rings. The van der Waals surface area contributed by atoms with Crippen LogP contribution in [0, 0.1) is 6.92 Å². The van der Waals surface area contributed by atoms with Gasteiger partial charge < -0.3 is 4.74 Å². The molecule has 0 saturated heterocycles. The normalized spacial score (nSPS) is 17.2. The third-order valence-corrected chi connectivity index (χ3v) is 6.35. The van der Waals surface area contributed by atoms with Gasteiger partial charge in [-0.2, -0.15) is 0 Å². The number of nitrogens with one attached hydrogen (secondary N) is 1. The van der Waals surface area contributed by atoms with E-state index in [1.165, 1.54) is 12.8 Å². The number of rotatable bonds is 6. The Morgan fingerprint density at radius 2 is 2.16 bits per heavy atom. The summed E-state index contributed by atoms with van der Waals surface area (Å²) in [5.41, 5.74) is 0.430. The first kappa shape index (κ1) is 15.2. The molecule has 0 amide bonds. The molecule has 108 valence electrons. The average Bonchev–Trinajstić information content (AvgIpc) is 2.94. The Bertz CT molecular complexity index is 524. The Morgan fingerprint density at radius 1 is 1.47 bits per heavy atom. The largest absolute Gasteiger partial charge is 0.377 e. The molecule has 1 aromatic rings. The van der Waals surface area contributed by atoms with Crippen molar-refractivity contribution in [3.8, 4) is 0 Å². The molecular formula is C11H17ClN2O3S2. The number of aromatic nitrogens is 1. The number of hydrogen-bond donors (Lipinski definition) is 1. The van der Waals surface area contributed by atoms with Crippen LogP contribution in [0.15, 0.2) is 4.21 Å². The van der Waals surface area contributed by atoms with Crippen molar-refractivity contribution in [2.75, 3.05) is 13.2 Å². The molecule has 1 N–H and O–H groups in total. The highest BCUT2D eigenvalue weighted by Gasteiger charge is 2.21. The number of aryl methyl sites for hydroxylation is 1. The molecule has 0 aromatic carbocycles. The summed E-state index contributed by atoms with van der Waals surface area (Å²) >= 11 is 6.68. The molecule has 1 aliphatic carbocycles. The van der Waals surface area contributed by atoms with Crippen molar-refractivity contribution >= 4 is 33.0 Å². The highest BCUT2D eigenvalue weighted by Crippen LogP contribution is 2.26. The van der Waals surface area contributed by atoms with Crippen molar-refractivity contribution in [3.05, 3.63) is 10.2 Å². The molecule has 1 aromatic heterocycles. The first-order valence-electron chi connectivity index (χ1n) is 6.23. The van der Waals surface area contributed by atoms with Crippen molar-refractivity contribution in [2.45, 2.75) is 42.9 Å². The average molecular weight is 325 g/mol. The molecule has 1 saturated carbocycles. The number of halogens is 1. The summed E-state index contributed by atoms with van der Waals surface area (Å²) in [6.07, 6.45) is 4.86. The summed E-state index contributed by atoms with van der Waals surface area (Å²) in [6, 6.07) is 0. The Labute approximate surface area is 122 Å². The third-order valence-electron chi connectivity index (χ3n) is 3.02. The standard InChI is InChI=1S/C11H17ClN2O3S2/c1-8-10(18-11(12)14-8)19(15,16)13-6-7-17-9-4-2-3-5-9/h9,13H,2-7H2,1H3. The lowest BCUT2D eigenvalue weighted by molar-refractivity contribution is 0.0626. The van der Waals surface area contributed by atoms with Crippen LogP contribution in [0.5, 0.6) is 0 Å². The summed E-state index contributed by atoms with van der Waals surface area (Å²) in [7, 11) is -3.52. The first-order valence-corrected chi connectivity index (χ1v) is 8.91. The van der Waals surface area contributed by atoms with Crippen molar-refractivity contribution in [1.29, 1.82) is 0 Å². The maximum absolute atomic E-state index is 12.0. The molecule has 0 spiro atoms. The molecule has 5 nitrogen and oxygen atoms in total. The minimum atomic E-state index is -3.52. The van der Waals surface area contributed by atoms with E-state index in [9.17, 15) is 8.42 Å². The van der Waals surface area contributed by atoms with Crippen molar-refractivity contribution in [1.82, 2.24) is 9.71 Å². The smallest absolute Gasteiger partial charge is 0.252 e. The minimum absolute atomic E-state index is 0.179. The number of hydrogen-bond acceptors (Lipinski definition) is 5. The zero-order valence-corrected chi connectivity index (χ0v) is 13.1. The summed E-state index contributed by atoms with van der Waals surface area (Å²) < 4.78 is 32.5. The van der Waals surface area contributed by atoms with Crippen LogP contribution in [0.2, 0.25) is 4.47 Å². The van der Waals surface area contributed by atoms with E-state index in [0.29, 0.717) is 18.4 Å². The van der Waals surface area contributed by atoms with Gasteiger partial charge in [-0.25, -0.2) is 18.1 Å². The van der Waals surface area contributed by atoms with Gasteiger partial charge in [0, 0.05) is 6.54 Å². The number of sulfonamides is 1. The molecule has 0 unspecified atom stereocenters. The van der Waals surface area contributed by atoms with Crippen LogP contribution in [0.1, 0.15) is 31.4 Å². The lowest BCUT2D eigenvalue weighted by Gasteiger charge is -2.11. The lowest BCUT2D eigenvalue weighted by atomic mass is 10.3. The SMILES string of the molecule is Cc1nc(Cl)sc1S(=O)(=O)NCCOC1CCCC1. The summed E-state index contributed by atoms with van der Waals surface area (Å²) in [5, 5.41) is 0. The van der Waals surface area contributed by atoms with Gasteiger partial charge in [0.2, 0.25) is 0 Å². The molecule has 8 heteroatoms. The van der Waals surface area contributed by atoms with E-state index < -0.39 is 10.0 Å². The van der Waals surface area contributed by atoms with Gasteiger partial charge in [0.05, 0.1) is 18.4 Å². The van der Waals surface area contributed by atoms with Gasteiger partial charge in [0.1, 0.15) is 0 Å². The predicted molar refractivity (Wildman–Crippen MR) is 75.3 cm³/mol. The Kier molecular flexibility index (Phi) is 5.19. The Balaban J connectivity index is 1.82. The van der Waals surface area contributed by atoms with Gasteiger partial charge in [-0.05, 0) is 19.8 Å². The van der Waals surface area contributed by atoms with Gasteiger partial charge in [-0.3, -0.25) is 0 Å². The Hall–Kier alpha value is -0.210. The predicted octanol–water partition coefficient (Wildman–Crippen LogP) is 2.34. The second-order valence-electron chi connectivity index (χ2n) is 4.51. The zero-order valence-electron chi connectivity index (χ0n) is 10.7. The van der Waals surface area contributed by atoms with Gasteiger partial charge >= 0.3 is 0 Å². The molecule has 0 bridgehead atoms. The fourth-order valence-electron chi connectivity index (χ4n) is 2.12. The van der Waals surface area contributed by atoms with Crippen LogP contribution in [0.25, 0.3) is 0 Å². The highest BCUT2D eigenvalue weighted by molar-refractivity contribution is 7.91. The molecule has 1 heterocycles. The maximum Gasteiger partial charge on any atom is 0.252 e. The van der Waals surface area contributed by atoms with E-state index in [0.717, 1.165) is 24.2 Å². The van der Waals surface area contributed by atoms with Gasteiger partial charge in [0.25, 0.3) is 10.0 Å². The highest BCUT2D eigenvalue weighted by atomic mass is 35.5. The molecule has 19 heavy (non-hydrogen) atoms. The monoisotopic (exact) mass is 324 g/mol. The van der Waals surface area contributed by atoms with Crippen LogP contribution in [0.4, 0.5) is 0 Å². The van der Waals surface area contributed by atoms with Crippen LogP contribution >= 0.6 is 22.9 Å². The number of thiazole rings is 1. The van der Waals surface area contributed by atoms with Gasteiger partial charge in [-0.1, -0.05) is 35.8 Å². The minimum Gasteiger partial charge on any atom is -0.377 e. The molecule has 0 radical (unpaired) electrons. The molecule has 2 rings (SSSR count). The van der Waals surface area contributed by atoms with E-state index >= 15 is 0 Å². The molecule has 1 aliphatic rings. The maximum atomic E-state index is 12.0. The van der Waals surface area contributed by atoms with Crippen molar-refractivity contribution in [2.24, 2.45) is 0 Å². The zero-order chi connectivity index (χ0) is 13.9. The fourth-order valence-corrected chi connectivity index (χ4v) is 4.92. The van der Waals surface area contributed by atoms with Crippen molar-refractivity contribution < 1.29 is 13.2 Å². The van der Waals surface area contributed by atoms with Gasteiger partial charge in [-0.15, -0.1) is 0 Å². The molecular weight excluding hydrogens is 308 g/mol. The quantitative estimate of drug-likeness (QED) is 0.815. The van der Waals surface area contributed by atoms with Gasteiger partial charge in [0.15, 0.2) is 8.68 Å². The first-order chi connectivity index (χ1) is 8.99. The van der Waals surface area contributed by atoms with E-state index in [2.05, 4.69) is 9.71 Å². The Morgan fingerprint density at radius 3 is 2.74 bits per heavy atom. The van der Waals surface area contributed by atoms with Crippen LogP contribution in [-0.4, -0.2) is 32.7 Å². The molecule has 0 aliphatic heterocycles. The van der Waals surface area contributed by atoms with Crippen LogP contribution < -0.4 is 4.72 Å². The number of nitrogens with zero attached hydrogens (tertiary/aromatic N) is 1. The van der Waals surface area contributed by atoms with E-state index in [4.69, 9.17) is 16.3 Å². The third kappa shape index (κ3) is 4.13. The summed E-state index contributed by atoms with van der Waals surface area (Å²) in [5.74, 6) is 0. The van der Waals surface area contributed by atoms with E-state index in [1.807, 2.05) is 0 Å². The lowest BCUT2D eigenvalue weighted by Crippen LogP contribution is -2.28. The fraction of sp³-hybridized carbons (Fsp3) is 0.727. The van der Waals surface area contributed by atoms with E-state index in [1.54, 1.807) is 6.92 Å². The summed E-state index contributed by atoms with van der Waals surface area (Å²) in [4.78, 5) is 3.90. The second kappa shape index (κ2) is 6.49. The van der Waals surface area contributed by atoms with Crippen molar-refractivity contribution in [3.63, 3.8) is 0 Å². The topological polar surface area (TPSA) is 68.3 Å². The van der Waals surface area contributed by atoms with Crippen LogP contribution in [0.3, 0.4) is 0 Å². The summed E-state index contributed by atoms with van der Waals surface area (Å²) in [6.45, 7) is 2.30.